The first-order valence-corrected chi connectivity index (χ1v) is 11.3. The van der Waals surface area contributed by atoms with Crippen LogP contribution in [0.25, 0.3) is 5.69 Å². The molecule has 4 aromatic rings. The summed E-state index contributed by atoms with van der Waals surface area (Å²) in [4.78, 5) is 17.8. The summed E-state index contributed by atoms with van der Waals surface area (Å²) >= 11 is 2.77. The van der Waals surface area contributed by atoms with Gasteiger partial charge in [0.15, 0.2) is 5.13 Å². The topological polar surface area (TPSA) is 85.6 Å². The fraction of sp³-hybridized carbons (Fsp3) is 0.190. The molecule has 30 heavy (non-hydrogen) atoms. The van der Waals surface area contributed by atoms with Gasteiger partial charge in [0.25, 0.3) is 0 Å². The van der Waals surface area contributed by atoms with Crippen LogP contribution < -0.4 is 5.32 Å². The number of rotatable bonds is 8. The van der Waals surface area contributed by atoms with E-state index < -0.39 is 0 Å². The summed E-state index contributed by atoms with van der Waals surface area (Å²) in [5.41, 5.74) is 3.33. The number of carbonyl (C=O) groups is 1. The minimum atomic E-state index is -0.142. The highest BCUT2D eigenvalue weighted by atomic mass is 32.2. The number of hydrogen-bond donors (Lipinski definition) is 1. The van der Waals surface area contributed by atoms with Crippen LogP contribution in [0.15, 0.2) is 66.0 Å². The van der Waals surface area contributed by atoms with Gasteiger partial charge in [-0.1, -0.05) is 61.2 Å². The molecule has 0 radical (unpaired) electrons. The molecule has 0 fully saturated rings. The first kappa shape index (κ1) is 20.2. The molecule has 0 spiro atoms. The first-order valence-electron chi connectivity index (χ1n) is 9.50. The molecule has 152 valence electrons. The minimum absolute atomic E-state index is 0.142. The quantitative estimate of drug-likeness (QED) is 0.420. The van der Waals surface area contributed by atoms with Crippen LogP contribution in [0.5, 0.6) is 0 Å². The lowest BCUT2D eigenvalue weighted by atomic mass is 10.1. The van der Waals surface area contributed by atoms with Crippen molar-refractivity contribution >= 4 is 34.1 Å². The molecule has 2 aromatic carbocycles. The van der Waals surface area contributed by atoms with E-state index in [1.807, 2.05) is 42.5 Å². The van der Waals surface area contributed by atoms with Gasteiger partial charge in [0.1, 0.15) is 0 Å². The third-order valence-electron chi connectivity index (χ3n) is 4.38. The number of aromatic nitrogens is 5. The van der Waals surface area contributed by atoms with E-state index in [0.717, 1.165) is 23.4 Å². The van der Waals surface area contributed by atoms with Gasteiger partial charge in [0, 0.05) is 17.5 Å². The van der Waals surface area contributed by atoms with Gasteiger partial charge in [-0.3, -0.25) is 4.79 Å². The second kappa shape index (κ2) is 9.64. The Kier molecular flexibility index (Phi) is 6.50. The molecule has 2 heterocycles. The average Bonchev–Trinajstić information content (AvgIpc) is 3.42. The molecule has 1 amide bonds. The van der Waals surface area contributed by atoms with Gasteiger partial charge in [0.05, 0.1) is 11.4 Å². The van der Waals surface area contributed by atoms with Crippen LogP contribution in [0.1, 0.15) is 22.9 Å². The number of anilines is 1. The second-order valence-corrected chi connectivity index (χ2v) is 8.58. The standard InChI is InChI=1S/C21H20N6OS2/c1-2-15-8-10-17(11-9-15)27-21(24-25-26-27)29-14-19(28)23-20-22-13-18(30-20)12-16-6-4-3-5-7-16/h3-11,13H,2,12,14H2,1H3,(H,22,23,28). The summed E-state index contributed by atoms with van der Waals surface area (Å²) in [6.45, 7) is 2.11. The Hall–Kier alpha value is -3.04. The van der Waals surface area contributed by atoms with Gasteiger partial charge < -0.3 is 5.32 Å². The fourth-order valence-electron chi connectivity index (χ4n) is 2.83. The summed E-state index contributed by atoms with van der Waals surface area (Å²) in [5.74, 6) is 0.0533. The molecule has 4 rings (SSSR count). The largest absolute Gasteiger partial charge is 0.301 e. The van der Waals surface area contributed by atoms with E-state index in [1.54, 1.807) is 10.9 Å². The van der Waals surface area contributed by atoms with Gasteiger partial charge in [-0.05, 0) is 40.1 Å². The van der Waals surface area contributed by atoms with Crippen LogP contribution in [0.2, 0.25) is 0 Å². The highest BCUT2D eigenvalue weighted by Crippen LogP contribution is 2.23. The van der Waals surface area contributed by atoms with E-state index >= 15 is 0 Å². The van der Waals surface area contributed by atoms with Gasteiger partial charge >= 0.3 is 0 Å². The van der Waals surface area contributed by atoms with Gasteiger partial charge in [-0.2, -0.15) is 4.68 Å². The maximum Gasteiger partial charge on any atom is 0.236 e. The Morgan fingerprint density at radius 1 is 1.10 bits per heavy atom. The summed E-state index contributed by atoms with van der Waals surface area (Å²) in [5, 5.41) is 15.8. The van der Waals surface area contributed by atoms with E-state index in [0.29, 0.717) is 10.3 Å². The Balaban J connectivity index is 1.33. The molecular weight excluding hydrogens is 416 g/mol. The predicted octanol–water partition coefficient (Wildman–Crippen LogP) is 4.00. The number of thioether (sulfide) groups is 1. The molecule has 0 aliphatic rings. The lowest BCUT2D eigenvalue weighted by molar-refractivity contribution is -0.113. The maximum atomic E-state index is 12.4. The lowest BCUT2D eigenvalue weighted by Gasteiger charge is -2.05. The highest BCUT2D eigenvalue weighted by molar-refractivity contribution is 7.99. The number of thiazole rings is 1. The van der Waals surface area contributed by atoms with Crippen molar-refractivity contribution in [3.63, 3.8) is 0 Å². The summed E-state index contributed by atoms with van der Waals surface area (Å²) in [6.07, 6.45) is 3.58. The van der Waals surface area contributed by atoms with Crippen LogP contribution in [0, 0.1) is 0 Å². The number of tetrazole rings is 1. The van der Waals surface area contributed by atoms with Crippen molar-refractivity contribution in [3.05, 3.63) is 76.8 Å². The molecule has 9 heteroatoms. The van der Waals surface area contributed by atoms with Crippen LogP contribution in [-0.4, -0.2) is 36.9 Å². The Morgan fingerprint density at radius 3 is 2.67 bits per heavy atom. The zero-order valence-electron chi connectivity index (χ0n) is 16.4. The molecule has 1 N–H and O–H groups in total. The zero-order chi connectivity index (χ0) is 20.8. The van der Waals surface area contributed by atoms with Crippen molar-refractivity contribution in [2.75, 3.05) is 11.1 Å². The Morgan fingerprint density at radius 2 is 1.90 bits per heavy atom. The van der Waals surface area contributed by atoms with E-state index in [1.165, 1.54) is 34.2 Å². The molecule has 0 saturated carbocycles. The number of amides is 1. The van der Waals surface area contributed by atoms with Crippen molar-refractivity contribution in [3.8, 4) is 5.69 Å². The maximum absolute atomic E-state index is 12.4. The number of nitrogens with one attached hydrogen (secondary N) is 1. The molecule has 0 aliphatic carbocycles. The zero-order valence-corrected chi connectivity index (χ0v) is 18.0. The molecule has 0 saturated heterocycles. The van der Waals surface area contributed by atoms with E-state index in [2.05, 4.69) is 44.9 Å². The third-order valence-corrected chi connectivity index (χ3v) is 6.22. The van der Waals surface area contributed by atoms with Crippen molar-refractivity contribution in [1.29, 1.82) is 0 Å². The smallest absolute Gasteiger partial charge is 0.236 e. The van der Waals surface area contributed by atoms with Gasteiger partial charge in [-0.15, -0.1) is 16.4 Å². The molecule has 0 aliphatic heterocycles. The number of aryl methyl sites for hydroxylation is 1. The van der Waals surface area contributed by atoms with Crippen molar-refractivity contribution < 1.29 is 4.79 Å². The van der Waals surface area contributed by atoms with Crippen LogP contribution >= 0.6 is 23.1 Å². The number of nitrogens with zero attached hydrogens (tertiary/aromatic N) is 5. The van der Waals surface area contributed by atoms with E-state index in [9.17, 15) is 4.79 Å². The number of carbonyl (C=O) groups excluding carboxylic acids is 1. The SMILES string of the molecule is CCc1ccc(-n2nnnc2SCC(=O)Nc2ncc(Cc3ccccc3)s2)cc1. The first-order chi connectivity index (χ1) is 14.7. The molecule has 0 unspecified atom stereocenters. The normalized spacial score (nSPS) is 10.8. The summed E-state index contributed by atoms with van der Waals surface area (Å²) in [6, 6.07) is 18.2. The fourth-order valence-corrected chi connectivity index (χ4v) is 4.39. The molecule has 7 nitrogen and oxygen atoms in total. The van der Waals surface area contributed by atoms with Crippen LogP contribution in [0.3, 0.4) is 0 Å². The lowest BCUT2D eigenvalue weighted by Crippen LogP contribution is -2.14. The van der Waals surface area contributed by atoms with Crippen molar-refractivity contribution in [2.24, 2.45) is 0 Å². The molecular formula is C21H20N6OS2. The summed E-state index contributed by atoms with van der Waals surface area (Å²) < 4.78 is 1.64. The van der Waals surface area contributed by atoms with Crippen molar-refractivity contribution in [2.45, 2.75) is 24.9 Å². The van der Waals surface area contributed by atoms with Gasteiger partial charge in [-0.25, -0.2) is 4.98 Å². The summed E-state index contributed by atoms with van der Waals surface area (Å²) in [7, 11) is 0. The van der Waals surface area contributed by atoms with Gasteiger partial charge in [0.2, 0.25) is 11.1 Å². The van der Waals surface area contributed by atoms with E-state index in [4.69, 9.17) is 0 Å². The molecule has 0 bridgehead atoms. The van der Waals surface area contributed by atoms with Crippen LogP contribution in [0.4, 0.5) is 5.13 Å². The highest BCUT2D eigenvalue weighted by Gasteiger charge is 2.13. The van der Waals surface area contributed by atoms with Crippen LogP contribution in [-0.2, 0) is 17.6 Å². The Bertz CT molecular complexity index is 1110. The Labute approximate surface area is 182 Å². The third kappa shape index (κ3) is 5.11. The predicted molar refractivity (Wildman–Crippen MR) is 119 cm³/mol. The monoisotopic (exact) mass is 436 g/mol. The molecule has 0 atom stereocenters. The second-order valence-electron chi connectivity index (χ2n) is 6.52. The average molecular weight is 437 g/mol. The minimum Gasteiger partial charge on any atom is -0.301 e. The van der Waals surface area contributed by atoms with Crippen molar-refractivity contribution in [1.82, 2.24) is 25.2 Å². The molecule has 2 aromatic heterocycles. The number of benzene rings is 2. The number of hydrogen-bond acceptors (Lipinski definition) is 7. The van der Waals surface area contributed by atoms with E-state index in [-0.39, 0.29) is 11.7 Å².